The zero-order valence-electron chi connectivity index (χ0n) is 13.9. The predicted octanol–water partition coefficient (Wildman–Crippen LogP) is 1.17. The van der Waals surface area contributed by atoms with E-state index in [4.69, 9.17) is 0 Å². The molecule has 0 unspecified atom stereocenters. The molecule has 124 valence electrons. The fraction of sp³-hybridized carbons (Fsp3) is 0.556. The number of nitrogens with one attached hydrogen (secondary N) is 1. The Morgan fingerprint density at radius 3 is 2.70 bits per heavy atom. The van der Waals surface area contributed by atoms with Gasteiger partial charge in [0.15, 0.2) is 0 Å². The lowest BCUT2D eigenvalue weighted by Crippen LogP contribution is -2.49. The Kier molecular flexibility index (Phi) is 4.66. The van der Waals surface area contributed by atoms with E-state index < -0.39 is 0 Å². The van der Waals surface area contributed by atoms with Gasteiger partial charge in [-0.3, -0.25) is 14.5 Å². The summed E-state index contributed by atoms with van der Waals surface area (Å²) in [6.45, 7) is 3.57. The number of rotatable bonds is 5. The number of fused-ring (bicyclic) bond motifs is 1. The highest BCUT2D eigenvalue weighted by atomic mass is 16.2. The number of hydrogen-bond acceptors (Lipinski definition) is 3. The van der Waals surface area contributed by atoms with Crippen LogP contribution in [0.5, 0.6) is 0 Å². The molecule has 0 bridgehead atoms. The van der Waals surface area contributed by atoms with Gasteiger partial charge in [-0.1, -0.05) is 24.3 Å². The molecule has 5 nitrogen and oxygen atoms in total. The molecule has 1 aliphatic carbocycles. The van der Waals surface area contributed by atoms with Crippen LogP contribution in [0.2, 0.25) is 0 Å². The van der Waals surface area contributed by atoms with Crippen molar-refractivity contribution in [3.05, 3.63) is 35.4 Å². The normalized spacial score (nSPS) is 18.5. The van der Waals surface area contributed by atoms with Crippen molar-refractivity contribution in [2.75, 3.05) is 20.1 Å². The van der Waals surface area contributed by atoms with Crippen molar-refractivity contribution in [3.63, 3.8) is 0 Å². The second kappa shape index (κ2) is 6.71. The SMILES string of the molecule is C[C@H](C(=O)N1CCc2ccccc2C1)N(C)CC(=O)NC1CC1. The van der Waals surface area contributed by atoms with E-state index in [2.05, 4.69) is 17.4 Å². The Bertz CT molecular complexity index is 598. The van der Waals surface area contributed by atoms with Gasteiger partial charge >= 0.3 is 0 Å². The minimum Gasteiger partial charge on any atom is -0.352 e. The van der Waals surface area contributed by atoms with E-state index in [-0.39, 0.29) is 24.4 Å². The van der Waals surface area contributed by atoms with Crippen molar-refractivity contribution < 1.29 is 9.59 Å². The van der Waals surface area contributed by atoms with Crippen molar-refractivity contribution in [1.29, 1.82) is 0 Å². The summed E-state index contributed by atoms with van der Waals surface area (Å²) in [5.74, 6) is 0.111. The third kappa shape index (κ3) is 3.91. The van der Waals surface area contributed by atoms with Gasteiger partial charge in [0.1, 0.15) is 0 Å². The van der Waals surface area contributed by atoms with Crippen LogP contribution in [0.4, 0.5) is 0 Å². The van der Waals surface area contributed by atoms with Crippen molar-refractivity contribution in [3.8, 4) is 0 Å². The van der Waals surface area contributed by atoms with Gasteiger partial charge in [-0.15, -0.1) is 0 Å². The highest BCUT2D eigenvalue weighted by Gasteiger charge is 2.29. The first kappa shape index (κ1) is 16.0. The van der Waals surface area contributed by atoms with Crippen LogP contribution in [0.25, 0.3) is 0 Å². The van der Waals surface area contributed by atoms with Gasteiger partial charge in [0.05, 0.1) is 12.6 Å². The standard InChI is InChI=1S/C18H25N3O2/c1-13(20(2)12-17(22)19-16-7-8-16)18(23)21-10-9-14-5-3-4-6-15(14)11-21/h3-6,13,16H,7-12H2,1-2H3,(H,19,22)/t13-/m1/s1. The number of nitrogens with zero attached hydrogens (tertiary/aromatic N) is 2. The minimum atomic E-state index is -0.287. The molecule has 3 rings (SSSR count). The lowest BCUT2D eigenvalue weighted by atomic mass is 9.99. The fourth-order valence-electron chi connectivity index (χ4n) is 3.00. The molecule has 1 saturated carbocycles. The average Bonchev–Trinajstić information content (AvgIpc) is 3.36. The number of carbonyl (C=O) groups is 2. The molecule has 5 heteroatoms. The number of benzene rings is 1. The summed E-state index contributed by atoms with van der Waals surface area (Å²) in [4.78, 5) is 28.4. The van der Waals surface area contributed by atoms with Crippen molar-refractivity contribution in [1.82, 2.24) is 15.1 Å². The first-order chi connectivity index (χ1) is 11.0. The Labute approximate surface area is 137 Å². The fourth-order valence-corrected chi connectivity index (χ4v) is 3.00. The van der Waals surface area contributed by atoms with Gasteiger partial charge < -0.3 is 10.2 Å². The maximum absolute atomic E-state index is 12.7. The molecule has 1 heterocycles. The van der Waals surface area contributed by atoms with Crippen LogP contribution in [0.15, 0.2) is 24.3 Å². The number of hydrogen-bond donors (Lipinski definition) is 1. The molecule has 1 N–H and O–H groups in total. The van der Waals surface area contributed by atoms with Gasteiger partial charge in [0.2, 0.25) is 11.8 Å². The van der Waals surface area contributed by atoms with E-state index in [1.54, 1.807) is 0 Å². The first-order valence-corrected chi connectivity index (χ1v) is 8.40. The average molecular weight is 315 g/mol. The molecule has 0 radical (unpaired) electrons. The van der Waals surface area contributed by atoms with E-state index in [0.29, 0.717) is 12.6 Å². The summed E-state index contributed by atoms with van der Waals surface area (Å²) in [7, 11) is 1.84. The summed E-state index contributed by atoms with van der Waals surface area (Å²) < 4.78 is 0. The summed E-state index contributed by atoms with van der Waals surface area (Å²) >= 11 is 0. The highest BCUT2D eigenvalue weighted by molar-refractivity contribution is 5.83. The van der Waals surface area contributed by atoms with E-state index in [9.17, 15) is 9.59 Å². The predicted molar refractivity (Wildman–Crippen MR) is 88.8 cm³/mol. The number of likely N-dealkylation sites (N-methyl/N-ethyl adjacent to an activating group) is 1. The Morgan fingerprint density at radius 1 is 1.30 bits per heavy atom. The Morgan fingerprint density at radius 2 is 2.00 bits per heavy atom. The van der Waals surface area contributed by atoms with Gasteiger partial charge in [0.25, 0.3) is 0 Å². The smallest absolute Gasteiger partial charge is 0.239 e. The van der Waals surface area contributed by atoms with Crippen molar-refractivity contribution >= 4 is 11.8 Å². The highest BCUT2D eigenvalue weighted by Crippen LogP contribution is 2.20. The van der Waals surface area contributed by atoms with Gasteiger partial charge in [-0.05, 0) is 44.4 Å². The van der Waals surface area contributed by atoms with Crippen LogP contribution in [0, 0.1) is 0 Å². The molecule has 0 saturated heterocycles. The largest absolute Gasteiger partial charge is 0.352 e. The van der Waals surface area contributed by atoms with Gasteiger partial charge in [0, 0.05) is 19.1 Å². The third-order valence-corrected chi connectivity index (χ3v) is 4.80. The molecule has 2 aliphatic rings. The second-order valence-corrected chi connectivity index (χ2v) is 6.71. The zero-order valence-corrected chi connectivity index (χ0v) is 13.9. The summed E-state index contributed by atoms with van der Waals surface area (Å²) in [5.41, 5.74) is 2.56. The summed E-state index contributed by atoms with van der Waals surface area (Å²) in [6.07, 6.45) is 3.06. The van der Waals surface area contributed by atoms with Crippen LogP contribution in [-0.4, -0.2) is 53.8 Å². The van der Waals surface area contributed by atoms with Crippen molar-refractivity contribution in [2.24, 2.45) is 0 Å². The zero-order chi connectivity index (χ0) is 16.4. The minimum absolute atomic E-state index is 0.0126. The summed E-state index contributed by atoms with van der Waals surface area (Å²) in [5, 5.41) is 2.97. The molecule has 23 heavy (non-hydrogen) atoms. The lowest BCUT2D eigenvalue weighted by molar-refractivity contribution is -0.137. The molecule has 1 atom stereocenters. The maximum Gasteiger partial charge on any atom is 0.239 e. The molecule has 0 spiro atoms. The summed E-state index contributed by atoms with van der Waals surface area (Å²) in [6, 6.07) is 8.36. The van der Waals surface area contributed by atoms with E-state index in [0.717, 1.165) is 25.8 Å². The molecular formula is C18H25N3O2. The van der Waals surface area contributed by atoms with E-state index >= 15 is 0 Å². The maximum atomic E-state index is 12.7. The topological polar surface area (TPSA) is 52.7 Å². The van der Waals surface area contributed by atoms with Crippen LogP contribution in [0.3, 0.4) is 0 Å². The third-order valence-electron chi connectivity index (χ3n) is 4.80. The van der Waals surface area contributed by atoms with Crippen LogP contribution in [0.1, 0.15) is 30.9 Å². The molecule has 0 aromatic heterocycles. The van der Waals surface area contributed by atoms with Crippen LogP contribution in [-0.2, 0) is 22.6 Å². The van der Waals surface area contributed by atoms with Crippen LogP contribution >= 0.6 is 0 Å². The quantitative estimate of drug-likeness (QED) is 0.887. The monoisotopic (exact) mass is 315 g/mol. The van der Waals surface area contributed by atoms with Gasteiger partial charge in [-0.25, -0.2) is 0 Å². The first-order valence-electron chi connectivity index (χ1n) is 8.40. The molecule has 1 aromatic carbocycles. The second-order valence-electron chi connectivity index (χ2n) is 6.71. The molecule has 1 aromatic rings. The lowest BCUT2D eigenvalue weighted by Gasteiger charge is -2.33. The Hall–Kier alpha value is -1.88. The van der Waals surface area contributed by atoms with Crippen LogP contribution < -0.4 is 5.32 Å². The molecule has 1 fully saturated rings. The molecule has 2 amide bonds. The van der Waals surface area contributed by atoms with Gasteiger partial charge in [-0.2, -0.15) is 0 Å². The number of carbonyl (C=O) groups excluding carboxylic acids is 2. The number of amides is 2. The van der Waals surface area contributed by atoms with Crippen molar-refractivity contribution in [2.45, 2.75) is 44.8 Å². The molecular weight excluding hydrogens is 290 g/mol. The Balaban J connectivity index is 1.55. The van der Waals surface area contributed by atoms with E-state index in [1.165, 1.54) is 11.1 Å². The molecule has 1 aliphatic heterocycles. The van der Waals surface area contributed by atoms with E-state index in [1.807, 2.05) is 35.9 Å².